The molecule has 0 saturated heterocycles. The first kappa shape index (κ1) is 10.5. The van der Waals surface area contributed by atoms with Gasteiger partial charge in [-0.2, -0.15) is 5.10 Å². The van der Waals surface area contributed by atoms with E-state index in [9.17, 15) is 8.42 Å². The van der Waals surface area contributed by atoms with Crippen LogP contribution in [-0.4, -0.2) is 18.6 Å². The van der Waals surface area contributed by atoms with Gasteiger partial charge >= 0.3 is 0 Å². The number of rotatable bonds is 4. The van der Waals surface area contributed by atoms with E-state index >= 15 is 0 Å². The average molecular weight is 223 g/mol. The van der Waals surface area contributed by atoms with Crippen LogP contribution in [0.2, 0.25) is 0 Å². The number of aromatic nitrogens is 2. The minimum absolute atomic E-state index is 0.0996. The molecule has 1 aromatic heterocycles. The molecule has 6 heteroatoms. The Hall–Kier alpha value is -0.550. The molecule has 0 saturated carbocycles. The van der Waals surface area contributed by atoms with Crippen molar-refractivity contribution in [2.45, 2.75) is 31.1 Å². The summed E-state index contributed by atoms with van der Waals surface area (Å²) in [4.78, 5) is 0.0996. The minimum Gasteiger partial charge on any atom is -0.281 e. The summed E-state index contributed by atoms with van der Waals surface area (Å²) in [5.41, 5.74) is 0.594. The molecule has 4 nitrogen and oxygen atoms in total. The van der Waals surface area contributed by atoms with Gasteiger partial charge in [-0.3, -0.25) is 5.10 Å². The lowest BCUT2D eigenvalue weighted by atomic mass is 10.2. The van der Waals surface area contributed by atoms with Gasteiger partial charge in [-0.15, -0.1) is 0 Å². The Morgan fingerprint density at radius 2 is 2.31 bits per heavy atom. The first-order valence-corrected chi connectivity index (χ1v) is 6.33. The summed E-state index contributed by atoms with van der Waals surface area (Å²) in [6, 6.07) is 0. The van der Waals surface area contributed by atoms with Crippen molar-refractivity contribution in [2.24, 2.45) is 0 Å². The lowest BCUT2D eigenvalue weighted by Gasteiger charge is -1.97. The Balaban J connectivity index is 2.90. The van der Waals surface area contributed by atoms with Gasteiger partial charge in [0.15, 0.2) is 0 Å². The molecule has 0 amide bonds. The molecule has 1 heterocycles. The van der Waals surface area contributed by atoms with Gasteiger partial charge in [0.1, 0.15) is 4.90 Å². The van der Waals surface area contributed by atoms with Crippen molar-refractivity contribution in [1.82, 2.24) is 10.2 Å². The summed E-state index contributed by atoms with van der Waals surface area (Å²) in [6.45, 7) is 2.03. The van der Waals surface area contributed by atoms with E-state index in [1.807, 2.05) is 6.92 Å². The maximum Gasteiger partial charge on any atom is 0.264 e. The van der Waals surface area contributed by atoms with E-state index in [2.05, 4.69) is 10.2 Å². The quantitative estimate of drug-likeness (QED) is 0.789. The number of halogens is 1. The SMILES string of the molecule is CCCCc1[nH]ncc1S(=O)(=O)Cl. The molecule has 0 radical (unpaired) electrons. The van der Waals surface area contributed by atoms with E-state index in [-0.39, 0.29) is 4.90 Å². The second-order valence-corrected chi connectivity index (χ2v) is 5.29. The maximum absolute atomic E-state index is 11.0. The van der Waals surface area contributed by atoms with Crippen LogP contribution in [0.15, 0.2) is 11.1 Å². The highest BCUT2D eigenvalue weighted by Crippen LogP contribution is 2.18. The molecule has 0 spiro atoms. The lowest BCUT2D eigenvalue weighted by Crippen LogP contribution is -1.95. The summed E-state index contributed by atoms with van der Waals surface area (Å²) in [5.74, 6) is 0. The van der Waals surface area contributed by atoms with Crippen molar-refractivity contribution in [3.63, 3.8) is 0 Å². The third-order valence-corrected chi connectivity index (χ3v) is 3.10. The van der Waals surface area contributed by atoms with Crippen molar-refractivity contribution >= 4 is 19.7 Å². The summed E-state index contributed by atoms with van der Waals surface area (Å²) in [5, 5.41) is 6.29. The highest BCUT2D eigenvalue weighted by atomic mass is 35.7. The third kappa shape index (κ3) is 2.70. The molecule has 1 N–H and O–H groups in total. The zero-order valence-corrected chi connectivity index (χ0v) is 8.82. The van der Waals surface area contributed by atoms with Crippen LogP contribution in [0.5, 0.6) is 0 Å². The van der Waals surface area contributed by atoms with Crippen molar-refractivity contribution < 1.29 is 8.42 Å². The van der Waals surface area contributed by atoms with Crippen molar-refractivity contribution in [3.05, 3.63) is 11.9 Å². The van der Waals surface area contributed by atoms with E-state index in [0.717, 1.165) is 12.8 Å². The van der Waals surface area contributed by atoms with Crippen LogP contribution < -0.4 is 0 Å². The van der Waals surface area contributed by atoms with Gasteiger partial charge in [0, 0.05) is 10.7 Å². The predicted molar refractivity (Wildman–Crippen MR) is 50.2 cm³/mol. The fraction of sp³-hybridized carbons (Fsp3) is 0.571. The highest BCUT2D eigenvalue weighted by molar-refractivity contribution is 8.13. The van der Waals surface area contributed by atoms with E-state index < -0.39 is 9.05 Å². The first-order valence-electron chi connectivity index (χ1n) is 4.02. The molecular formula is C7H11ClN2O2S. The van der Waals surface area contributed by atoms with Crippen LogP contribution in [0.3, 0.4) is 0 Å². The molecule has 0 aliphatic heterocycles. The number of nitrogens with one attached hydrogen (secondary N) is 1. The molecule has 0 fully saturated rings. The Labute approximate surface area is 81.7 Å². The smallest absolute Gasteiger partial charge is 0.264 e. The summed E-state index contributed by atoms with van der Waals surface area (Å²) < 4.78 is 22.0. The largest absolute Gasteiger partial charge is 0.281 e. The molecule has 0 unspecified atom stereocenters. The van der Waals surface area contributed by atoms with E-state index in [0.29, 0.717) is 12.1 Å². The Bertz CT molecular complexity index is 372. The standard InChI is InChI=1S/C7H11ClN2O2S/c1-2-3-4-6-7(5-9-10-6)13(8,11)12/h5H,2-4H2,1H3,(H,9,10). The van der Waals surface area contributed by atoms with E-state index in [1.54, 1.807) is 0 Å². The van der Waals surface area contributed by atoms with Crippen LogP contribution in [0.4, 0.5) is 0 Å². The monoisotopic (exact) mass is 222 g/mol. The molecule has 0 bridgehead atoms. The number of aromatic amines is 1. The zero-order valence-electron chi connectivity index (χ0n) is 7.25. The summed E-state index contributed by atoms with van der Waals surface area (Å²) >= 11 is 0. The molecule has 0 aliphatic carbocycles. The number of aryl methyl sites for hydroxylation is 1. The molecular weight excluding hydrogens is 212 g/mol. The summed E-state index contributed by atoms with van der Waals surface area (Å²) in [6.07, 6.45) is 3.83. The molecule has 1 rings (SSSR count). The average Bonchev–Trinajstić information content (AvgIpc) is 2.47. The fourth-order valence-corrected chi connectivity index (χ4v) is 2.06. The van der Waals surface area contributed by atoms with E-state index in [1.165, 1.54) is 6.20 Å². The lowest BCUT2D eigenvalue weighted by molar-refractivity contribution is 0.608. The number of hydrogen-bond acceptors (Lipinski definition) is 3. The van der Waals surface area contributed by atoms with Crippen molar-refractivity contribution in [3.8, 4) is 0 Å². The number of unbranched alkanes of at least 4 members (excludes halogenated alkanes) is 1. The van der Waals surface area contributed by atoms with E-state index in [4.69, 9.17) is 10.7 Å². The van der Waals surface area contributed by atoms with Gasteiger partial charge in [0.25, 0.3) is 9.05 Å². The molecule has 74 valence electrons. The fourth-order valence-electron chi connectivity index (χ4n) is 1.04. The van der Waals surface area contributed by atoms with Gasteiger partial charge in [-0.25, -0.2) is 8.42 Å². The van der Waals surface area contributed by atoms with Crippen LogP contribution in [0.1, 0.15) is 25.5 Å². The number of nitrogens with zero attached hydrogens (tertiary/aromatic N) is 1. The maximum atomic E-state index is 11.0. The minimum atomic E-state index is -3.64. The Kier molecular flexibility index (Phi) is 3.33. The van der Waals surface area contributed by atoms with Crippen molar-refractivity contribution in [2.75, 3.05) is 0 Å². The number of H-pyrrole nitrogens is 1. The van der Waals surface area contributed by atoms with Crippen LogP contribution >= 0.6 is 10.7 Å². The van der Waals surface area contributed by atoms with Crippen molar-refractivity contribution in [1.29, 1.82) is 0 Å². The normalized spacial score (nSPS) is 11.8. The third-order valence-electron chi connectivity index (χ3n) is 1.72. The Morgan fingerprint density at radius 3 is 2.85 bits per heavy atom. The van der Waals surface area contributed by atoms with Gasteiger partial charge < -0.3 is 0 Å². The molecule has 0 aromatic carbocycles. The number of hydrogen-bond donors (Lipinski definition) is 1. The molecule has 1 aromatic rings. The second kappa shape index (κ2) is 4.11. The second-order valence-electron chi connectivity index (χ2n) is 2.75. The van der Waals surface area contributed by atoms with Crippen LogP contribution in [0, 0.1) is 0 Å². The van der Waals surface area contributed by atoms with Gasteiger partial charge in [0.05, 0.1) is 11.9 Å². The molecule has 0 aliphatic rings. The van der Waals surface area contributed by atoms with Crippen LogP contribution in [-0.2, 0) is 15.5 Å². The van der Waals surface area contributed by atoms with Gasteiger partial charge in [-0.1, -0.05) is 13.3 Å². The first-order chi connectivity index (χ1) is 6.05. The highest BCUT2D eigenvalue weighted by Gasteiger charge is 2.16. The topological polar surface area (TPSA) is 62.8 Å². The van der Waals surface area contributed by atoms with Gasteiger partial charge in [0.2, 0.25) is 0 Å². The molecule has 0 atom stereocenters. The molecule has 13 heavy (non-hydrogen) atoms. The summed E-state index contributed by atoms with van der Waals surface area (Å²) in [7, 11) is 1.55. The van der Waals surface area contributed by atoms with Gasteiger partial charge in [-0.05, 0) is 12.8 Å². The Morgan fingerprint density at radius 1 is 1.62 bits per heavy atom. The zero-order chi connectivity index (χ0) is 9.90. The van der Waals surface area contributed by atoms with Crippen LogP contribution in [0.25, 0.3) is 0 Å². The predicted octanol–water partition coefficient (Wildman–Crippen LogP) is 1.68.